The third kappa shape index (κ3) is 3.52. The van der Waals surface area contributed by atoms with Crippen molar-refractivity contribution in [1.29, 1.82) is 0 Å². The van der Waals surface area contributed by atoms with Crippen LogP contribution in [0.3, 0.4) is 0 Å². The fraction of sp³-hybridized carbons (Fsp3) is 0.529. The molecule has 0 spiro atoms. The molecule has 1 aliphatic carbocycles. The normalized spacial score (nSPS) is 27.0. The van der Waals surface area contributed by atoms with Gasteiger partial charge in [0.25, 0.3) is 0 Å². The molecule has 0 bridgehead atoms. The number of hydrogen-bond donors (Lipinski definition) is 2. The molecule has 1 aliphatic heterocycles. The maximum atomic E-state index is 13.3. The second kappa shape index (κ2) is 6.66. The number of rotatable bonds is 3. The van der Waals surface area contributed by atoms with E-state index in [1.54, 1.807) is 13.2 Å². The molecule has 1 fully saturated rings. The van der Waals surface area contributed by atoms with E-state index in [-0.39, 0.29) is 30.4 Å². The number of hydrogen-bond acceptors (Lipinski definition) is 3. The molecule has 0 aromatic heterocycles. The summed E-state index contributed by atoms with van der Waals surface area (Å²) in [7, 11) is 1.71. The van der Waals surface area contributed by atoms with Crippen LogP contribution < -0.4 is 10.6 Å². The highest BCUT2D eigenvalue weighted by atomic mass is 19.1. The quantitative estimate of drug-likeness (QED) is 0.898. The predicted octanol–water partition coefficient (Wildman–Crippen LogP) is 2.33. The fourth-order valence-corrected chi connectivity index (χ4v) is 3.42. The SMILES string of the molecule is COC1CCC(NC(=O)C2CC(=O)Nc3cc(F)ccc32)CC1. The Balaban J connectivity index is 1.69. The molecule has 2 amide bonds. The van der Waals surface area contributed by atoms with Crippen LogP contribution in [0.15, 0.2) is 18.2 Å². The van der Waals surface area contributed by atoms with Crippen molar-refractivity contribution in [2.45, 2.75) is 50.2 Å². The van der Waals surface area contributed by atoms with Gasteiger partial charge in [-0.25, -0.2) is 4.39 Å². The second-order valence-corrected chi connectivity index (χ2v) is 6.25. The van der Waals surface area contributed by atoms with Crippen LogP contribution in [0.2, 0.25) is 0 Å². The van der Waals surface area contributed by atoms with Gasteiger partial charge in [-0.1, -0.05) is 6.07 Å². The summed E-state index contributed by atoms with van der Waals surface area (Å²) in [5.41, 5.74) is 1.07. The minimum absolute atomic E-state index is 0.0951. The Hall–Kier alpha value is -1.95. The molecule has 5 nitrogen and oxygen atoms in total. The standard InChI is InChI=1S/C17H21FN2O3/c1-23-12-5-3-11(4-6-12)19-17(22)14-9-16(21)20-15-8-10(18)2-7-13(14)15/h2,7-8,11-12,14H,3-6,9H2,1H3,(H,19,22)(H,20,21). The molecular weight excluding hydrogens is 299 g/mol. The molecule has 23 heavy (non-hydrogen) atoms. The van der Waals surface area contributed by atoms with Gasteiger partial charge in [-0.15, -0.1) is 0 Å². The molecule has 1 heterocycles. The lowest BCUT2D eigenvalue weighted by molar-refractivity contribution is -0.127. The number of fused-ring (bicyclic) bond motifs is 1. The maximum Gasteiger partial charge on any atom is 0.228 e. The van der Waals surface area contributed by atoms with Crippen molar-refractivity contribution < 1.29 is 18.7 Å². The van der Waals surface area contributed by atoms with E-state index in [0.29, 0.717) is 11.3 Å². The lowest BCUT2D eigenvalue weighted by Crippen LogP contribution is -2.43. The topological polar surface area (TPSA) is 67.4 Å². The molecule has 1 aromatic rings. The van der Waals surface area contributed by atoms with Crippen LogP contribution in [-0.4, -0.2) is 31.1 Å². The smallest absolute Gasteiger partial charge is 0.228 e. The van der Waals surface area contributed by atoms with Crippen LogP contribution in [-0.2, 0) is 14.3 Å². The highest BCUT2D eigenvalue weighted by Crippen LogP contribution is 2.33. The molecule has 1 saturated carbocycles. The molecule has 2 aliphatic rings. The van der Waals surface area contributed by atoms with Crippen molar-refractivity contribution >= 4 is 17.5 Å². The van der Waals surface area contributed by atoms with E-state index in [0.717, 1.165) is 25.7 Å². The van der Waals surface area contributed by atoms with Gasteiger partial charge in [0, 0.05) is 25.3 Å². The van der Waals surface area contributed by atoms with Gasteiger partial charge in [-0.2, -0.15) is 0 Å². The lowest BCUT2D eigenvalue weighted by atomic mass is 9.88. The first-order chi connectivity index (χ1) is 11.1. The number of nitrogens with one attached hydrogen (secondary N) is 2. The van der Waals surface area contributed by atoms with Gasteiger partial charge in [0.1, 0.15) is 5.82 Å². The molecule has 124 valence electrons. The highest BCUT2D eigenvalue weighted by Gasteiger charge is 2.32. The van der Waals surface area contributed by atoms with Gasteiger partial charge < -0.3 is 15.4 Å². The molecule has 3 rings (SSSR count). The zero-order valence-corrected chi connectivity index (χ0v) is 13.1. The van der Waals surface area contributed by atoms with E-state index >= 15 is 0 Å². The third-order valence-corrected chi connectivity index (χ3v) is 4.72. The molecular formula is C17H21FN2O3. The number of carbonyl (C=O) groups is 2. The van der Waals surface area contributed by atoms with Crippen molar-refractivity contribution in [3.05, 3.63) is 29.6 Å². The minimum atomic E-state index is -0.556. The summed E-state index contributed by atoms with van der Waals surface area (Å²) < 4.78 is 18.7. The zero-order valence-electron chi connectivity index (χ0n) is 13.1. The van der Waals surface area contributed by atoms with Crippen molar-refractivity contribution in [2.24, 2.45) is 0 Å². The Morgan fingerprint density at radius 2 is 2.04 bits per heavy atom. The Morgan fingerprint density at radius 3 is 2.74 bits per heavy atom. The van der Waals surface area contributed by atoms with E-state index in [2.05, 4.69) is 10.6 Å². The molecule has 1 unspecified atom stereocenters. The van der Waals surface area contributed by atoms with E-state index in [4.69, 9.17) is 4.74 Å². The Morgan fingerprint density at radius 1 is 1.30 bits per heavy atom. The summed E-state index contributed by atoms with van der Waals surface area (Å²) in [5, 5.41) is 5.67. The van der Waals surface area contributed by atoms with Gasteiger partial charge in [-0.05, 0) is 43.4 Å². The van der Waals surface area contributed by atoms with Crippen LogP contribution in [0, 0.1) is 5.82 Å². The Labute approximate surface area is 134 Å². The summed E-state index contributed by atoms with van der Waals surface area (Å²) in [4.78, 5) is 24.4. The second-order valence-electron chi connectivity index (χ2n) is 6.25. The van der Waals surface area contributed by atoms with Gasteiger partial charge in [0.15, 0.2) is 0 Å². The molecule has 2 N–H and O–H groups in total. The number of ether oxygens (including phenoxy) is 1. The number of methoxy groups -OCH3 is 1. The summed E-state index contributed by atoms with van der Waals surface area (Å²) in [6.07, 6.45) is 3.96. The highest BCUT2D eigenvalue weighted by molar-refractivity contribution is 6.01. The number of amides is 2. The van der Waals surface area contributed by atoms with Crippen LogP contribution in [0.25, 0.3) is 0 Å². The molecule has 1 aromatic carbocycles. The average molecular weight is 320 g/mol. The Bertz CT molecular complexity index is 612. The first kappa shape index (κ1) is 15.9. The maximum absolute atomic E-state index is 13.3. The largest absolute Gasteiger partial charge is 0.381 e. The zero-order chi connectivity index (χ0) is 16.4. The molecule has 0 saturated heterocycles. The average Bonchev–Trinajstić information content (AvgIpc) is 2.54. The molecule has 0 radical (unpaired) electrons. The fourth-order valence-electron chi connectivity index (χ4n) is 3.42. The third-order valence-electron chi connectivity index (χ3n) is 4.72. The van der Waals surface area contributed by atoms with Crippen LogP contribution in [0.1, 0.15) is 43.6 Å². The van der Waals surface area contributed by atoms with Crippen LogP contribution in [0.5, 0.6) is 0 Å². The first-order valence-corrected chi connectivity index (χ1v) is 7.99. The number of halogens is 1. The first-order valence-electron chi connectivity index (χ1n) is 7.99. The van der Waals surface area contributed by atoms with E-state index < -0.39 is 11.7 Å². The van der Waals surface area contributed by atoms with Gasteiger partial charge >= 0.3 is 0 Å². The van der Waals surface area contributed by atoms with Gasteiger partial charge in [0.05, 0.1) is 12.0 Å². The molecule has 6 heteroatoms. The van der Waals surface area contributed by atoms with Crippen molar-refractivity contribution in [2.75, 3.05) is 12.4 Å². The number of carbonyl (C=O) groups excluding carboxylic acids is 2. The van der Waals surface area contributed by atoms with Crippen molar-refractivity contribution in [3.8, 4) is 0 Å². The van der Waals surface area contributed by atoms with Crippen molar-refractivity contribution in [3.63, 3.8) is 0 Å². The van der Waals surface area contributed by atoms with Crippen molar-refractivity contribution in [1.82, 2.24) is 5.32 Å². The monoisotopic (exact) mass is 320 g/mol. The van der Waals surface area contributed by atoms with Crippen LogP contribution >= 0.6 is 0 Å². The van der Waals surface area contributed by atoms with Crippen LogP contribution in [0.4, 0.5) is 10.1 Å². The van der Waals surface area contributed by atoms with Gasteiger partial charge in [0.2, 0.25) is 11.8 Å². The number of anilines is 1. The summed E-state index contributed by atoms with van der Waals surface area (Å²) >= 11 is 0. The lowest BCUT2D eigenvalue weighted by Gasteiger charge is -2.31. The van der Waals surface area contributed by atoms with Gasteiger partial charge in [-0.3, -0.25) is 9.59 Å². The molecule has 1 atom stereocenters. The van der Waals surface area contributed by atoms with E-state index in [1.807, 2.05) is 0 Å². The predicted molar refractivity (Wildman–Crippen MR) is 83.6 cm³/mol. The summed E-state index contributed by atoms with van der Waals surface area (Å²) in [5.74, 6) is -1.40. The summed E-state index contributed by atoms with van der Waals surface area (Å²) in [6.45, 7) is 0. The van der Waals surface area contributed by atoms with E-state index in [1.165, 1.54) is 12.1 Å². The minimum Gasteiger partial charge on any atom is -0.381 e. The summed E-state index contributed by atoms with van der Waals surface area (Å²) in [6, 6.07) is 4.27. The Kier molecular flexibility index (Phi) is 4.61. The number of benzene rings is 1. The van der Waals surface area contributed by atoms with E-state index in [9.17, 15) is 14.0 Å².